The van der Waals surface area contributed by atoms with Crippen molar-refractivity contribution < 1.29 is 4.74 Å². The standard InChI is InChI=1S/C13H8BrNO/c14-11-4-2-6-13(8-11)16-12-5-1-3-10(7-12)9-15/h1-8H. The Morgan fingerprint density at radius 3 is 2.38 bits per heavy atom. The first-order valence-electron chi connectivity index (χ1n) is 4.71. The van der Waals surface area contributed by atoms with Gasteiger partial charge in [0.25, 0.3) is 0 Å². The fraction of sp³-hybridized carbons (Fsp3) is 0. The SMILES string of the molecule is N#Cc1cccc(Oc2cccc(Br)c2)c1. The molecule has 2 aromatic carbocycles. The Balaban J connectivity index is 2.24. The second-order valence-electron chi connectivity index (χ2n) is 3.20. The maximum Gasteiger partial charge on any atom is 0.128 e. The summed E-state index contributed by atoms with van der Waals surface area (Å²) in [7, 11) is 0. The van der Waals surface area contributed by atoms with Crippen molar-refractivity contribution in [1.29, 1.82) is 5.26 Å². The van der Waals surface area contributed by atoms with Crippen molar-refractivity contribution in [3.63, 3.8) is 0 Å². The molecule has 0 fully saturated rings. The fourth-order valence-corrected chi connectivity index (χ4v) is 1.67. The average Bonchev–Trinajstić information content (AvgIpc) is 2.29. The maximum atomic E-state index is 8.76. The molecule has 0 unspecified atom stereocenters. The smallest absolute Gasteiger partial charge is 0.128 e. The molecule has 0 spiro atoms. The lowest BCUT2D eigenvalue weighted by molar-refractivity contribution is 0.482. The molecule has 3 heteroatoms. The molecule has 2 nitrogen and oxygen atoms in total. The van der Waals surface area contributed by atoms with E-state index in [1.165, 1.54) is 0 Å². The molecule has 2 aromatic rings. The van der Waals surface area contributed by atoms with Gasteiger partial charge < -0.3 is 4.74 Å². The molecule has 0 heterocycles. The summed E-state index contributed by atoms with van der Waals surface area (Å²) in [5.74, 6) is 1.40. The molecule has 0 radical (unpaired) electrons. The van der Waals surface area contributed by atoms with Crippen molar-refractivity contribution >= 4 is 15.9 Å². The number of halogens is 1. The van der Waals surface area contributed by atoms with Gasteiger partial charge in [-0.1, -0.05) is 28.1 Å². The second-order valence-corrected chi connectivity index (χ2v) is 4.11. The largest absolute Gasteiger partial charge is 0.457 e. The molecular weight excluding hydrogens is 266 g/mol. The minimum absolute atomic E-state index is 0.590. The predicted molar refractivity (Wildman–Crippen MR) is 65.4 cm³/mol. The fourth-order valence-electron chi connectivity index (χ4n) is 1.30. The third kappa shape index (κ3) is 2.62. The quantitative estimate of drug-likeness (QED) is 0.825. The van der Waals surface area contributed by atoms with Crippen LogP contribution in [0.3, 0.4) is 0 Å². The van der Waals surface area contributed by atoms with Gasteiger partial charge in [0.2, 0.25) is 0 Å². The van der Waals surface area contributed by atoms with Crippen molar-refractivity contribution in [2.45, 2.75) is 0 Å². The molecule has 0 aliphatic rings. The summed E-state index contributed by atoms with van der Waals surface area (Å²) in [4.78, 5) is 0. The molecule has 2 rings (SSSR count). The summed E-state index contributed by atoms with van der Waals surface area (Å²) >= 11 is 3.37. The lowest BCUT2D eigenvalue weighted by Gasteiger charge is -2.05. The molecule has 0 saturated heterocycles. The Morgan fingerprint density at radius 2 is 1.69 bits per heavy atom. The van der Waals surface area contributed by atoms with E-state index >= 15 is 0 Å². The Labute approximate surface area is 102 Å². The number of ether oxygens (including phenoxy) is 1. The van der Waals surface area contributed by atoms with Gasteiger partial charge in [0.05, 0.1) is 11.6 Å². The van der Waals surface area contributed by atoms with E-state index in [1.54, 1.807) is 18.2 Å². The first kappa shape index (κ1) is 10.7. The third-order valence-corrected chi connectivity index (χ3v) is 2.49. The maximum absolute atomic E-state index is 8.76. The molecule has 0 amide bonds. The van der Waals surface area contributed by atoms with Crippen LogP contribution in [0.4, 0.5) is 0 Å². The van der Waals surface area contributed by atoms with Crippen molar-refractivity contribution in [3.05, 3.63) is 58.6 Å². The van der Waals surface area contributed by atoms with Gasteiger partial charge >= 0.3 is 0 Å². The number of rotatable bonds is 2. The Morgan fingerprint density at radius 1 is 1.00 bits per heavy atom. The van der Waals surface area contributed by atoms with Gasteiger partial charge in [-0.25, -0.2) is 0 Å². The molecule has 0 saturated carbocycles. The number of benzene rings is 2. The highest BCUT2D eigenvalue weighted by Crippen LogP contribution is 2.24. The van der Waals surface area contributed by atoms with Gasteiger partial charge in [-0.2, -0.15) is 5.26 Å². The third-order valence-electron chi connectivity index (χ3n) is 1.99. The molecule has 78 valence electrons. The van der Waals surface area contributed by atoms with Crippen LogP contribution in [-0.4, -0.2) is 0 Å². The Kier molecular flexibility index (Phi) is 3.23. The van der Waals surface area contributed by atoms with E-state index in [0.29, 0.717) is 11.3 Å². The minimum atomic E-state index is 0.590. The molecule has 0 atom stereocenters. The molecule has 0 aliphatic carbocycles. The van der Waals surface area contributed by atoms with E-state index in [0.717, 1.165) is 10.2 Å². The van der Waals surface area contributed by atoms with Crippen LogP contribution in [0.1, 0.15) is 5.56 Å². The van der Waals surface area contributed by atoms with Crippen LogP contribution < -0.4 is 4.74 Å². The van der Waals surface area contributed by atoms with E-state index in [-0.39, 0.29) is 0 Å². The van der Waals surface area contributed by atoms with Crippen LogP contribution in [0, 0.1) is 11.3 Å². The van der Waals surface area contributed by atoms with Crippen LogP contribution in [0.5, 0.6) is 11.5 Å². The lowest BCUT2D eigenvalue weighted by Crippen LogP contribution is -1.84. The predicted octanol–water partition coefficient (Wildman–Crippen LogP) is 4.11. The topological polar surface area (TPSA) is 33.0 Å². The molecule has 0 N–H and O–H groups in total. The van der Waals surface area contributed by atoms with Gasteiger partial charge in [-0.15, -0.1) is 0 Å². The second kappa shape index (κ2) is 4.82. The zero-order valence-electron chi connectivity index (χ0n) is 8.35. The summed E-state index contributed by atoms with van der Waals surface area (Å²) in [6.45, 7) is 0. The van der Waals surface area contributed by atoms with Crippen molar-refractivity contribution in [1.82, 2.24) is 0 Å². The summed E-state index contributed by atoms with van der Waals surface area (Å²) < 4.78 is 6.58. The first-order chi connectivity index (χ1) is 7.78. The molecule has 0 aliphatic heterocycles. The summed E-state index contributed by atoms with van der Waals surface area (Å²) in [5, 5.41) is 8.76. The van der Waals surface area contributed by atoms with Gasteiger partial charge in [-0.05, 0) is 36.4 Å². The van der Waals surface area contributed by atoms with Crippen molar-refractivity contribution in [2.75, 3.05) is 0 Å². The number of nitrogens with zero attached hydrogens (tertiary/aromatic N) is 1. The summed E-state index contributed by atoms with van der Waals surface area (Å²) in [6.07, 6.45) is 0. The normalized spacial score (nSPS) is 9.50. The number of hydrogen-bond donors (Lipinski definition) is 0. The molecule has 16 heavy (non-hydrogen) atoms. The molecule has 0 aromatic heterocycles. The minimum Gasteiger partial charge on any atom is -0.457 e. The van der Waals surface area contributed by atoms with Gasteiger partial charge in [-0.3, -0.25) is 0 Å². The molecular formula is C13H8BrNO. The number of hydrogen-bond acceptors (Lipinski definition) is 2. The van der Waals surface area contributed by atoms with Crippen molar-refractivity contribution in [2.24, 2.45) is 0 Å². The van der Waals surface area contributed by atoms with Crippen LogP contribution >= 0.6 is 15.9 Å². The zero-order valence-corrected chi connectivity index (χ0v) is 9.94. The van der Waals surface area contributed by atoms with Gasteiger partial charge in [0.15, 0.2) is 0 Å². The lowest BCUT2D eigenvalue weighted by atomic mass is 10.2. The highest BCUT2D eigenvalue weighted by molar-refractivity contribution is 9.10. The highest BCUT2D eigenvalue weighted by atomic mass is 79.9. The Bertz CT molecular complexity index is 546. The van der Waals surface area contributed by atoms with E-state index in [4.69, 9.17) is 10.00 Å². The van der Waals surface area contributed by atoms with E-state index in [2.05, 4.69) is 22.0 Å². The van der Waals surface area contributed by atoms with E-state index in [1.807, 2.05) is 30.3 Å². The monoisotopic (exact) mass is 273 g/mol. The van der Waals surface area contributed by atoms with Crippen LogP contribution in [0.25, 0.3) is 0 Å². The number of nitriles is 1. The Hall–Kier alpha value is -1.79. The summed E-state index contributed by atoms with van der Waals surface area (Å²) in [5.41, 5.74) is 0.590. The van der Waals surface area contributed by atoms with Gasteiger partial charge in [0, 0.05) is 4.47 Å². The van der Waals surface area contributed by atoms with Crippen LogP contribution in [0.15, 0.2) is 53.0 Å². The van der Waals surface area contributed by atoms with Crippen LogP contribution in [-0.2, 0) is 0 Å². The van der Waals surface area contributed by atoms with E-state index < -0.39 is 0 Å². The average molecular weight is 274 g/mol. The zero-order chi connectivity index (χ0) is 11.4. The van der Waals surface area contributed by atoms with Crippen molar-refractivity contribution in [3.8, 4) is 17.6 Å². The molecule has 0 bridgehead atoms. The van der Waals surface area contributed by atoms with Crippen LogP contribution in [0.2, 0.25) is 0 Å². The van der Waals surface area contributed by atoms with E-state index in [9.17, 15) is 0 Å². The summed E-state index contributed by atoms with van der Waals surface area (Å²) in [6, 6.07) is 16.7. The van der Waals surface area contributed by atoms with Gasteiger partial charge in [0.1, 0.15) is 11.5 Å². The highest BCUT2D eigenvalue weighted by Gasteiger charge is 1.98. The first-order valence-corrected chi connectivity index (χ1v) is 5.51.